The third kappa shape index (κ3) is 1.23. The number of rotatable bonds is 2. The molecule has 0 saturated heterocycles. The van der Waals surface area contributed by atoms with Gasteiger partial charge in [-0.1, -0.05) is 19.3 Å². The van der Waals surface area contributed by atoms with Gasteiger partial charge in [-0.25, -0.2) is 6.57 Å². The Kier molecular flexibility index (Phi) is 1.91. The lowest BCUT2D eigenvalue weighted by Crippen LogP contribution is -2.11. The van der Waals surface area contributed by atoms with Crippen LogP contribution in [0.15, 0.2) is 0 Å². The molecule has 1 aliphatic carbocycles. The molecule has 0 amide bonds. The summed E-state index contributed by atoms with van der Waals surface area (Å²) in [6.45, 7) is 7.27. The largest absolute Gasteiger partial charge is 0.317 e. The summed E-state index contributed by atoms with van der Waals surface area (Å²) in [6.07, 6.45) is 5.33. The highest BCUT2D eigenvalue weighted by Crippen LogP contribution is 2.28. The van der Waals surface area contributed by atoms with Crippen LogP contribution >= 0.6 is 0 Å². The van der Waals surface area contributed by atoms with Gasteiger partial charge in [-0.15, -0.1) is 0 Å². The molecule has 1 saturated carbocycles. The van der Waals surface area contributed by atoms with E-state index >= 15 is 0 Å². The minimum absolute atomic E-state index is 0.755. The smallest absolute Gasteiger partial charge is 0.214 e. The average Bonchev–Trinajstić information content (AvgIpc) is 1.63. The van der Waals surface area contributed by atoms with Gasteiger partial charge >= 0.3 is 0 Å². The van der Waals surface area contributed by atoms with E-state index in [1.807, 2.05) is 0 Å². The fourth-order valence-electron chi connectivity index (χ4n) is 1.03. The fraction of sp³-hybridized carbons (Fsp3) is 0.857. The Morgan fingerprint density at radius 1 is 1.50 bits per heavy atom. The van der Waals surface area contributed by atoms with Gasteiger partial charge in [0.05, 0.1) is 0 Å². The monoisotopic (exact) mass is 109 g/mol. The van der Waals surface area contributed by atoms with Crippen molar-refractivity contribution >= 4 is 0 Å². The average molecular weight is 109 g/mol. The van der Waals surface area contributed by atoms with Crippen LogP contribution in [0, 0.1) is 12.5 Å². The second-order valence-corrected chi connectivity index (χ2v) is 2.47. The zero-order chi connectivity index (χ0) is 5.82. The molecule has 1 fully saturated rings. The van der Waals surface area contributed by atoms with Gasteiger partial charge in [-0.3, -0.25) is 0 Å². The van der Waals surface area contributed by atoms with Gasteiger partial charge in [0, 0.05) is 6.42 Å². The summed E-state index contributed by atoms with van der Waals surface area (Å²) in [5.41, 5.74) is 0. The molecule has 1 aliphatic rings. The Morgan fingerprint density at radius 3 is 2.62 bits per heavy atom. The van der Waals surface area contributed by atoms with Crippen molar-refractivity contribution in [3.8, 4) is 0 Å². The molecule has 44 valence electrons. The first-order valence-electron chi connectivity index (χ1n) is 3.26. The lowest BCUT2D eigenvalue weighted by Gasteiger charge is -2.22. The summed E-state index contributed by atoms with van der Waals surface area (Å²) in [5, 5.41) is 0. The van der Waals surface area contributed by atoms with Crippen LogP contribution in [0.4, 0.5) is 0 Å². The summed E-state index contributed by atoms with van der Waals surface area (Å²) in [5.74, 6) is 0.920. The van der Waals surface area contributed by atoms with Gasteiger partial charge in [-0.2, -0.15) is 0 Å². The summed E-state index contributed by atoms with van der Waals surface area (Å²) >= 11 is 0. The second kappa shape index (κ2) is 2.71. The molecule has 0 bridgehead atoms. The first kappa shape index (κ1) is 5.62. The molecular weight excluding hydrogens is 98.1 g/mol. The molecule has 0 atom stereocenters. The van der Waals surface area contributed by atoms with E-state index in [4.69, 9.17) is 6.57 Å². The van der Waals surface area contributed by atoms with Crippen molar-refractivity contribution in [2.75, 3.05) is 6.54 Å². The molecule has 1 rings (SSSR count). The Hall–Kier alpha value is -0.510. The van der Waals surface area contributed by atoms with Crippen LogP contribution in [-0.2, 0) is 0 Å². The fourth-order valence-corrected chi connectivity index (χ4v) is 1.03. The molecule has 0 aromatic heterocycles. The molecule has 0 aromatic rings. The number of nitrogens with zero attached hydrogens (tertiary/aromatic N) is 1. The Balaban J connectivity index is 1.95. The van der Waals surface area contributed by atoms with Gasteiger partial charge in [0.25, 0.3) is 0 Å². The van der Waals surface area contributed by atoms with Crippen molar-refractivity contribution in [2.45, 2.75) is 25.7 Å². The molecule has 1 heteroatoms. The molecule has 8 heavy (non-hydrogen) atoms. The van der Waals surface area contributed by atoms with Crippen LogP contribution < -0.4 is 0 Å². The molecular formula is C7H11N. The molecule has 0 heterocycles. The summed E-state index contributed by atoms with van der Waals surface area (Å²) in [6, 6.07) is 0. The van der Waals surface area contributed by atoms with Crippen LogP contribution in [-0.4, -0.2) is 6.54 Å². The van der Waals surface area contributed by atoms with Crippen molar-refractivity contribution in [1.29, 1.82) is 0 Å². The van der Waals surface area contributed by atoms with Gasteiger partial charge < -0.3 is 4.85 Å². The third-order valence-corrected chi connectivity index (χ3v) is 1.87. The van der Waals surface area contributed by atoms with E-state index in [1.165, 1.54) is 19.3 Å². The first-order valence-corrected chi connectivity index (χ1v) is 3.26. The topological polar surface area (TPSA) is 4.36 Å². The SMILES string of the molecule is [C-]#[N+]CCC1CCC1. The van der Waals surface area contributed by atoms with E-state index < -0.39 is 0 Å². The summed E-state index contributed by atoms with van der Waals surface area (Å²) in [4.78, 5) is 3.31. The van der Waals surface area contributed by atoms with Crippen molar-refractivity contribution in [2.24, 2.45) is 5.92 Å². The normalized spacial score (nSPS) is 19.4. The lowest BCUT2D eigenvalue weighted by molar-refractivity contribution is 0.305. The van der Waals surface area contributed by atoms with E-state index in [9.17, 15) is 0 Å². The molecule has 0 spiro atoms. The predicted octanol–water partition coefficient (Wildman–Crippen LogP) is 2.10. The van der Waals surface area contributed by atoms with Gasteiger partial charge in [0.1, 0.15) is 0 Å². The van der Waals surface area contributed by atoms with Crippen molar-refractivity contribution < 1.29 is 0 Å². The molecule has 0 aliphatic heterocycles. The van der Waals surface area contributed by atoms with Gasteiger partial charge in [0.15, 0.2) is 0 Å². The van der Waals surface area contributed by atoms with E-state index in [0.717, 1.165) is 18.9 Å². The van der Waals surface area contributed by atoms with Crippen LogP contribution in [0.1, 0.15) is 25.7 Å². The zero-order valence-corrected chi connectivity index (χ0v) is 5.06. The van der Waals surface area contributed by atoms with Gasteiger partial charge in [-0.05, 0) is 5.92 Å². The highest BCUT2D eigenvalue weighted by Gasteiger charge is 2.17. The van der Waals surface area contributed by atoms with Crippen molar-refractivity contribution in [3.63, 3.8) is 0 Å². The van der Waals surface area contributed by atoms with Crippen molar-refractivity contribution in [3.05, 3.63) is 11.4 Å². The molecule has 0 N–H and O–H groups in total. The number of hydrogen-bond acceptors (Lipinski definition) is 0. The maximum absolute atomic E-state index is 6.52. The minimum atomic E-state index is 0.755. The Morgan fingerprint density at radius 2 is 2.25 bits per heavy atom. The zero-order valence-electron chi connectivity index (χ0n) is 5.06. The highest BCUT2D eigenvalue weighted by molar-refractivity contribution is 4.73. The van der Waals surface area contributed by atoms with E-state index in [0.29, 0.717) is 0 Å². The standard InChI is InChI=1S/C7H11N/c1-8-6-5-7-3-2-4-7/h7H,2-6H2. The minimum Gasteiger partial charge on any atom is -0.317 e. The molecule has 0 radical (unpaired) electrons. The van der Waals surface area contributed by atoms with Crippen LogP contribution in [0.25, 0.3) is 4.85 Å². The Bertz CT molecular complexity index is 97.4. The Labute approximate surface area is 50.5 Å². The van der Waals surface area contributed by atoms with E-state index in [2.05, 4.69) is 4.85 Å². The molecule has 1 nitrogen and oxygen atoms in total. The third-order valence-electron chi connectivity index (χ3n) is 1.87. The quantitative estimate of drug-likeness (QED) is 0.478. The maximum atomic E-state index is 6.52. The first-order chi connectivity index (χ1) is 3.93. The van der Waals surface area contributed by atoms with Gasteiger partial charge in [0.2, 0.25) is 6.54 Å². The number of hydrogen-bond donors (Lipinski definition) is 0. The predicted molar refractivity (Wildman–Crippen MR) is 33.4 cm³/mol. The lowest BCUT2D eigenvalue weighted by atomic mass is 9.83. The molecule has 0 unspecified atom stereocenters. The van der Waals surface area contributed by atoms with E-state index in [1.54, 1.807) is 0 Å². The summed E-state index contributed by atoms with van der Waals surface area (Å²) in [7, 11) is 0. The van der Waals surface area contributed by atoms with E-state index in [-0.39, 0.29) is 0 Å². The highest BCUT2D eigenvalue weighted by atomic mass is 14.6. The maximum Gasteiger partial charge on any atom is 0.214 e. The summed E-state index contributed by atoms with van der Waals surface area (Å²) < 4.78 is 0. The van der Waals surface area contributed by atoms with Crippen LogP contribution in [0.3, 0.4) is 0 Å². The van der Waals surface area contributed by atoms with Crippen molar-refractivity contribution in [1.82, 2.24) is 0 Å². The van der Waals surface area contributed by atoms with Crippen LogP contribution in [0.5, 0.6) is 0 Å². The second-order valence-electron chi connectivity index (χ2n) is 2.47. The van der Waals surface area contributed by atoms with Crippen LogP contribution in [0.2, 0.25) is 0 Å². The molecule has 0 aromatic carbocycles.